The van der Waals surface area contributed by atoms with E-state index in [2.05, 4.69) is 15.0 Å². The van der Waals surface area contributed by atoms with Crippen molar-refractivity contribution >= 4 is 5.82 Å². The van der Waals surface area contributed by atoms with Crippen LogP contribution < -0.4 is 5.73 Å². The summed E-state index contributed by atoms with van der Waals surface area (Å²) in [5.41, 5.74) is 4.58. The van der Waals surface area contributed by atoms with Gasteiger partial charge in [-0.25, -0.2) is 4.98 Å². The Kier molecular flexibility index (Phi) is 4.53. The van der Waals surface area contributed by atoms with Crippen LogP contribution in [0.5, 0.6) is 0 Å². The maximum absolute atomic E-state index is 13.2. The minimum absolute atomic E-state index is 0.0199. The first-order valence-electron chi connectivity index (χ1n) is 9.80. The second kappa shape index (κ2) is 6.83. The van der Waals surface area contributed by atoms with Gasteiger partial charge < -0.3 is 10.5 Å². The zero-order valence-corrected chi connectivity index (χ0v) is 16.1. The van der Waals surface area contributed by atoms with Crippen LogP contribution in [0.1, 0.15) is 17.2 Å². The van der Waals surface area contributed by atoms with Gasteiger partial charge >= 0.3 is 12.4 Å². The third-order valence-corrected chi connectivity index (χ3v) is 6.36. The van der Waals surface area contributed by atoms with E-state index in [-0.39, 0.29) is 29.0 Å². The number of nitrogens with two attached hydrogens (primary N) is 1. The number of nitrogens with zero attached hydrogens (tertiary/aromatic N) is 4. The molecule has 2 N–H and O–H groups in total. The molecule has 1 saturated carbocycles. The van der Waals surface area contributed by atoms with E-state index < -0.39 is 30.3 Å². The topological polar surface area (TPSA) is 69.2 Å². The van der Waals surface area contributed by atoms with Crippen LogP contribution >= 0.6 is 0 Å². The summed E-state index contributed by atoms with van der Waals surface area (Å²) < 4.78 is 85.0. The number of likely N-dealkylation sites (tertiary alicyclic amines) is 1. The van der Waals surface area contributed by atoms with Gasteiger partial charge in [-0.1, -0.05) is 0 Å². The van der Waals surface area contributed by atoms with Crippen LogP contribution in [-0.4, -0.2) is 58.2 Å². The number of hydrogen-bond donors (Lipinski definition) is 1. The molecule has 3 fully saturated rings. The third-order valence-electron chi connectivity index (χ3n) is 6.36. The van der Waals surface area contributed by atoms with Gasteiger partial charge in [0.05, 0.1) is 30.5 Å². The molecular weight excluding hydrogens is 428 g/mol. The first kappa shape index (κ1) is 20.6. The molecule has 3 atom stereocenters. The highest BCUT2D eigenvalue weighted by molar-refractivity contribution is 5.63. The molecule has 3 aliphatic rings. The summed E-state index contributed by atoms with van der Waals surface area (Å²) in [5.74, 6) is -0.354. The lowest BCUT2D eigenvalue weighted by Gasteiger charge is -2.35. The largest absolute Gasteiger partial charge is 0.419 e. The summed E-state index contributed by atoms with van der Waals surface area (Å²) in [7, 11) is 0. The van der Waals surface area contributed by atoms with Crippen molar-refractivity contribution in [1.82, 2.24) is 19.7 Å². The molecule has 0 radical (unpaired) electrons. The fourth-order valence-electron chi connectivity index (χ4n) is 4.71. The van der Waals surface area contributed by atoms with Gasteiger partial charge in [-0.3, -0.25) is 9.58 Å². The quantitative estimate of drug-likeness (QED) is 0.730. The van der Waals surface area contributed by atoms with Crippen molar-refractivity contribution in [1.29, 1.82) is 0 Å². The van der Waals surface area contributed by atoms with Gasteiger partial charge in [-0.15, -0.1) is 0 Å². The van der Waals surface area contributed by atoms with E-state index in [1.807, 2.05) is 0 Å². The SMILES string of the molecule is Nc1ncc(-c2cc(C3[C@H]4CN(C5COC5)C[C@@H]34)n(CC(F)(F)F)n2)cc1C(F)(F)F. The van der Waals surface area contributed by atoms with Crippen LogP contribution in [0.2, 0.25) is 0 Å². The number of nitrogen functional groups attached to an aromatic ring is 1. The van der Waals surface area contributed by atoms with E-state index >= 15 is 0 Å². The molecule has 0 aromatic carbocycles. The molecule has 12 heteroatoms. The Labute approximate surface area is 173 Å². The van der Waals surface area contributed by atoms with E-state index in [1.54, 1.807) is 0 Å². The number of halogens is 6. The standard InChI is InChI=1S/C19H19F6N5O/c20-18(21,22)8-30-15(16-11-4-29(5-12(11)16)10-6-31-7-10)2-14(28-30)9-1-13(19(23,24)25)17(26)27-3-9/h1-3,10-12,16H,4-8H2,(H2,26,27)/t11-,12+,16?. The summed E-state index contributed by atoms with van der Waals surface area (Å²) in [6.45, 7) is 1.60. The average Bonchev–Trinajstić information content (AvgIpc) is 2.94. The van der Waals surface area contributed by atoms with E-state index in [4.69, 9.17) is 10.5 Å². The van der Waals surface area contributed by atoms with Gasteiger partial charge in [0, 0.05) is 36.5 Å². The number of rotatable bonds is 4. The molecule has 1 unspecified atom stereocenters. The minimum Gasteiger partial charge on any atom is -0.383 e. The summed E-state index contributed by atoms with van der Waals surface area (Å²) in [4.78, 5) is 5.86. The molecular formula is C19H19F6N5O. The Morgan fingerprint density at radius 3 is 2.29 bits per heavy atom. The zero-order chi connectivity index (χ0) is 22.1. The van der Waals surface area contributed by atoms with Crippen molar-refractivity contribution < 1.29 is 31.1 Å². The van der Waals surface area contributed by atoms with Crippen molar-refractivity contribution in [3.63, 3.8) is 0 Å². The molecule has 6 nitrogen and oxygen atoms in total. The van der Waals surface area contributed by atoms with Gasteiger partial charge in [-0.2, -0.15) is 31.4 Å². The van der Waals surface area contributed by atoms with E-state index in [9.17, 15) is 26.3 Å². The van der Waals surface area contributed by atoms with Crippen molar-refractivity contribution in [2.75, 3.05) is 32.0 Å². The van der Waals surface area contributed by atoms with E-state index in [1.165, 1.54) is 6.07 Å². The van der Waals surface area contributed by atoms with Crippen LogP contribution in [-0.2, 0) is 17.5 Å². The van der Waals surface area contributed by atoms with Crippen LogP contribution in [0.3, 0.4) is 0 Å². The Bertz CT molecular complexity index is 987. The van der Waals surface area contributed by atoms with Gasteiger partial charge in [0.2, 0.25) is 0 Å². The fourth-order valence-corrected chi connectivity index (χ4v) is 4.71. The maximum Gasteiger partial charge on any atom is 0.419 e. The number of pyridine rings is 1. The highest BCUT2D eigenvalue weighted by Gasteiger charge is 2.59. The summed E-state index contributed by atoms with van der Waals surface area (Å²) in [6.07, 6.45) is -8.14. The molecule has 0 spiro atoms. The number of hydrogen-bond acceptors (Lipinski definition) is 5. The second-order valence-corrected chi connectivity index (χ2v) is 8.38. The van der Waals surface area contributed by atoms with Crippen molar-refractivity contribution in [3.05, 3.63) is 29.6 Å². The fraction of sp³-hybridized carbons (Fsp3) is 0.579. The molecule has 2 aliphatic heterocycles. The third kappa shape index (κ3) is 3.75. The van der Waals surface area contributed by atoms with Gasteiger partial charge in [0.15, 0.2) is 0 Å². The molecule has 1 aliphatic carbocycles. The van der Waals surface area contributed by atoms with E-state index in [0.29, 0.717) is 24.9 Å². The average molecular weight is 447 g/mol. The monoisotopic (exact) mass is 447 g/mol. The number of anilines is 1. The smallest absolute Gasteiger partial charge is 0.383 e. The summed E-state index contributed by atoms with van der Waals surface area (Å²) in [5, 5.41) is 4.00. The number of alkyl halides is 6. The highest BCUT2D eigenvalue weighted by atomic mass is 19.4. The van der Waals surface area contributed by atoms with E-state index in [0.717, 1.165) is 30.0 Å². The van der Waals surface area contributed by atoms with Gasteiger partial charge in [0.1, 0.15) is 12.4 Å². The normalized spacial score (nSPS) is 26.7. The van der Waals surface area contributed by atoms with Crippen LogP contribution in [0.15, 0.2) is 18.3 Å². The predicted octanol–water partition coefficient (Wildman–Crippen LogP) is 3.15. The van der Waals surface area contributed by atoms with Crippen molar-refractivity contribution in [2.45, 2.75) is 30.9 Å². The second-order valence-electron chi connectivity index (χ2n) is 8.38. The molecule has 5 rings (SSSR count). The van der Waals surface area contributed by atoms with Crippen LogP contribution in [0.25, 0.3) is 11.3 Å². The molecule has 0 amide bonds. The Balaban J connectivity index is 1.45. The molecule has 168 valence electrons. The van der Waals surface area contributed by atoms with Crippen LogP contribution in [0, 0.1) is 11.8 Å². The Morgan fingerprint density at radius 1 is 1.06 bits per heavy atom. The first-order chi connectivity index (χ1) is 14.5. The first-order valence-corrected chi connectivity index (χ1v) is 9.80. The zero-order valence-electron chi connectivity index (χ0n) is 16.1. The van der Waals surface area contributed by atoms with Gasteiger partial charge in [-0.05, 0) is 24.0 Å². The Hall–Kier alpha value is -2.34. The van der Waals surface area contributed by atoms with Gasteiger partial charge in [0.25, 0.3) is 0 Å². The van der Waals surface area contributed by atoms with Crippen molar-refractivity contribution in [2.24, 2.45) is 11.8 Å². The number of piperidine rings is 1. The lowest BCUT2D eigenvalue weighted by Crippen LogP contribution is -2.48. The predicted molar refractivity (Wildman–Crippen MR) is 96.8 cm³/mol. The van der Waals surface area contributed by atoms with Crippen LogP contribution in [0.4, 0.5) is 32.2 Å². The summed E-state index contributed by atoms with van der Waals surface area (Å²) in [6, 6.07) is 2.60. The minimum atomic E-state index is -4.73. The molecule has 2 aromatic heterocycles. The number of aromatic nitrogens is 3. The number of ether oxygens (including phenoxy) is 1. The summed E-state index contributed by atoms with van der Waals surface area (Å²) >= 11 is 0. The number of fused-ring (bicyclic) bond motifs is 1. The molecule has 4 heterocycles. The maximum atomic E-state index is 13.2. The molecule has 0 bridgehead atoms. The molecule has 2 aromatic rings. The lowest BCUT2D eigenvalue weighted by molar-refractivity contribution is -0.143. The lowest BCUT2D eigenvalue weighted by atomic mass is 10.1. The van der Waals surface area contributed by atoms with Crippen molar-refractivity contribution in [3.8, 4) is 11.3 Å². The Morgan fingerprint density at radius 2 is 1.74 bits per heavy atom. The molecule has 2 saturated heterocycles. The highest BCUT2D eigenvalue weighted by Crippen LogP contribution is 2.59. The molecule has 31 heavy (non-hydrogen) atoms.